The van der Waals surface area contributed by atoms with Crippen LogP contribution in [0.5, 0.6) is 0 Å². The Morgan fingerprint density at radius 1 is 1.17 bits per heavy atom. The Morgan fingerprint density at radius 3 is 2.78 bits per heavy atom. The van der Waals surface area contributed by atoms with Crippen molar-refractivity contribution in [1.82, 2.24) is 10.3 Å². The summed E-state index contributed by atoms with van der Waals surface area (Å²) in [6, 6.07) is 12.7. The van der Waals surface area contributed by atoms with Crippen molar-refractivity contribution in [3.63, 3.8) is 0 Å². The number of rotatable bonds is 7. The van der Waals surface area contributed by atoms with Gasteiger partial charge in [0.15, 0.2) is 0 Å². The Hall–Kier alpha value is -2.78. The van der Waals surface area contributed by atoms with E-state index in [1.165, 1.54) is 0 Å². The van der Waals surface area contributed by atoms with Crippen molar-refractivity contribution in [3.8, 4) is 6.07 Å². The van der Waals surface area contributed by atoms with E-state index < -0.39 is 0 Å². The minimum Gasteiger partial charge on any atom is -0.375 e. The average molecular weight is 330 g/mol. The van der Waals surface area contributed by atoms with E-state index in [0.29, 0.717) is 29.5 Å². The summed E-state index contributed by atoms with van der Waals surface area (Å²) < 4.78 is 0. The van der Waals surface area contributed by atoms with E-state index in [9.17, 15) is 4.79 Å². The second kappa shape index (κ2) is 8.61. The summed E-state index contributed by atoms with van der Waals surface area (Å²) in [7, 11) is 0. The zero-order chi connectivity index (χ0) is 16.5. The second-order valence-electron chi connectivity index (χ2n) is 4.62. The van der Waals surface area contributed by atoms with Crippen molar-refractivity contribution in [1.29, 1.82) is 5.26 Å². The lowest BCUT2D eigenvalue weighted by Gasteiger charge is -2.10. The molecule has 1 amide bonds. The van der Waals surface area contributed by atoms with Crippen LogP contribution in [0.15, 0.2) is 42.6 Å². The number of amides is 1. The van der Waals surface area contributed by atoms with Gasteiger partial charge >= 0.3 is 0 Å². The van der Waals surface area contributed by atoms with Crippen molar-refractivity contribution in [2.45, 2.75) is 0 Å². The fourth-order valence-corrected chi connectivity index (χ4v) is 2.06. The first-order chi connectivity index (χ1) is 11.2. The highest BCUT2D eigenvalue weighted by molar-refractivity contribution is 6.33. The molecule has 2 aromatic rings. The fraction of sp³-hybridized carbons (Fsp3) is 0.188. The predicted octanol–water partition coefficient (Wildman–Crippen LogP) is 2.25. The molecule has 1 aromatic heterocycles. The van der Waals surface area contributed by atoms with Crippen LogP contribution in [0.1, 0.15) is 5.56 Å². The monoisotopic (exact) mass is 329 g/mol. The number of pyridine rings is 1. The van der Waals surface area contributed by atoms with Crippen molar-refractivity contribution < 1.29 is 4.79 Å². The Morgan fingerprint density at radius 2 is 2.00 bits per heavy atom. The van der Waals surface area contributed by atoms with E-state index in [-0.39, 0.29) is 12.5 Å². The predicted molar refractivity (Wildman–Crippen MR) is 90.4 cm³/mol. The topological polar surface area (TPSA) is 89.8 Å². The molecule has 0 radical (unpaired) electrons. The Kier molecular flexibility index (Phi) is 6.21. The quantitative estimate of drug-likeness (QED) is 0.678. The highest BCUT2D eigenvalue weighted by atomic mass is 35.5. The smallest absolute Gasteiger partial charge is 0.239 e. The van der Waals surface area contributed by atoms with Gasteiger partial charge < -0.3 is 16.0 Å². The lowest BCUT2D eigenvalue weighted by Crippen LogP contribution is -2.33. The van der Waals surface area contributed by atoms with Crippen LogP contribution in [0.25, 0.3) is 0 Å². The molecule has 2 rings (SSSR count). The molecule has 0 aliphatic carbocycles. The lowest BCUT2D eigenvalue weighted by molar-refractivity contribution is -0.119. The van der Waals surface area contributed by atoms with Gasteiger partial charge in [-0.2, -0.15) is 5.26 Å². The molecule has 0 atom stereocenters. The molecule has 0 fully saturated rings. The first kappa shape index (κ1) is 16.6. The average Bonchev–Trinajstić information content (AvgIpc) is 2.58. The Labute approximate surface area is 139 Å². The van der Waals surface area contributed by atoms with Gasteiger partial charge in [0.2, 0.25) is 5.91 Å². The van der Waals surface area contributed by atoms with Crippen molar-refractivity contribution in [3.05, 3.63) is 53.2 Å². The SMILES string of the molecule is N#Cc1cccnc1NCCNC(=O)CNc1ccccc1Cl. The first-order valence-electron chi connectivity index (χ1n) is 7.05. The third-order valence-corrected chi connectivity index (χ3v) is 3.31. The van der Waals surface area contributed by atoms with Gasteiger partial charge in [0.05, 0.1) is 22.8 Å². The van der Waals surface area contributed by atoms with Gasteiger partial charge in [0, 0.05) is 19.3 Å². The maximum absolute atomic E-state index is 11.7. The number of nitrogens with one attached hydrogen (secondary N) is 3. The molecule has 23 heavy (non-hydrogen) atoms. The van der Waals surface area contributed by atoms with Gasteiger partial charge in [0.25, 0.3) is 0 Å². The summed E-state index contributed by atoms with van der Waals surface area (Å²) in [5, 5.41) is 18.3. The third-order valence-electron chi connectivity index (χ3n) is 2.98. The number of aromatic nitrogens is 1. The van der Waals surface area contributed by atoms with Crippen LogP contribution in [0, 0.1) is 11.3 Å². The Bertz CT molecular complexity index is 714. The summed E-state index contributed by atoms with van der Waals surface area (Å²) in [5.74, 6) is 0.367. The molecule has 3 N–H and O–H groups in total. The molecule has 1 aromatic carbocycles. The standard InChI is InChI=1S/C16H16ClN5O/c17-13-5-1-2-6-14(13)22-11-15(23)19-8-9-21-16-12(10-18)4-3-7-20-16/h1-7,22H,8-9,11H2,(H,19,23)(H,20,21). The van der Waals surface area contributed by atoms with E-state index in [1.54, 1.807) is 24.4 Å². The molecule has 7 heteroatoms. The van der Waals surface area contributed by atoms with Crippen LogP contribution in [0.2, 0.25) is 5.02 Å². The third kappa shape index (κ3) is 5.16. The normalized spacial score (nSPS) is 9.74. The largest absolute Gasteiger partial charge is 0.375 e. The molecule has 1 heterocycles. The molecule has 6 nitrogen and oxygen atoms in total. The number of carbonyl (C=O) groups excluding carboxylic acids is 1. The molecular formula is C16H16ClN5O. The molecule has 0 saturated carbocycles. The number of para-hydroxylation sites is 1. The highest BCUT2D eigenvalue weighted by Crippen LogP contribution is 2.19. The van der Waals surface area contributed by atoms with Gasteiger partial charge in [0.1, 0.15) is 11.9 Å². The van der Waals surface area contributed by atoms with Crippen LogP contribution in [-0.2, 0) is 4.79 Å². The van der Waals surface area contributed by atoms with Crippen LogP contribution in [-0.4, -0.2) is 30.5 Å². The molecule has 0 spiro atoms. The molecule has 0 saturated heterocycles. The van der Waals surface area contributed by atoms with Crippen LogP contribution < -0.4 is 16.0 Å². The number of anilines is 2. The van der Waals surface area contributed by atoms with E-state index in [2.05, 4.69) is 27.0 Å². The number of nitrogens with zero attached hydrogens (tertiary/aromatic N) is 2. The lowest BCUT2D eigenvalue weighted by atomic mass is 10.3. The molecule has 118 valence electrons. The van der Waals surface area contributed by atoms with Crippen LogP contribution >= 0.6 is 11.6 Å². The number of carbonyl (C=O) groups is 1. The molecule has 0 aliphatic rings. The maximum atomic E-state index is 11.7. The number of halogens is 1. The van der Waals surface area contributed by atoms with E-state index >= 15 is 0 Å². The molecule has 0 unspecified atom stereocenters. The minimum atomic E-state index is -0.145. The van der Waals surface area contributed by atoms with Gasteiger partial charge in [-0.15, -0.1) is 0 Å². The fourth-order valence-electron chi connectivity index (χ4n) is 1.86. The summed E-state index contributed by atoms with van der Waals surface area (Å²) >= 11 is 5.99. The highest BCUT2D eigenvalue weighted by Gasteiger charge is 2.04. The van der Waals surface area contributed by atoms with E-state index in [4.69, 9.17) is 16.9 Å². The van der Waals surface area contributed by atoms with Gasteiger partial charge in [-0.3, -0.25) is 4.79 Å². The zero-order valence-electron chi connectivity index (χ0n) is 12.3. The summed E-state index contributed by atoms with van der Waals surface area (Å²) in [5.41, 5.74) is 1.19. The second-order valence-corrected chi connectivity index (χ2v) is 5.03. The summed E-state index contributed by atoms with van der Waals surface area (Å²) in [6.07, 6.45) is 1.61. The van der Waals surface area contributed by atoms with Gasteiger partial charge in [-0.05, 0) is 24.3 Å². The van der Waals surface area contributed by atoms with E-state index in [1.807, 2.05) is 18.2 Å². The van der Waals surface area contributed by atoms with Crippen molar-refractivity contribution in [2.75, 3.05) is 30.3 Å². The van der Waals surface area contributed by atoms with Crippen LogP contribution in [0.3, 0.4) is 0 Å². The number of nitriles is 1. The van der Waals surface area contributed by atoms with Gasteiger partial charge in [-0.1, -0.05) is 23.7 Å². The minimum absolute atomic E-state index is 0.136. The number of benzene rings is 1. The first-order valence-corrected chi connectivity index (χ1v) is 7.42. The van der Waals surface area contributed by atoms with E-state index in [0.717, 1.165) is 5.69 Å². The van der Waals surface area contributed by atoms with Crippen molar-refractivity contribution >= 4 is 29.0 Å². The number of hydrogen-bond donors (Lipinski definition) is 3. The zero-order valence-corrected chi connectivity index (χ0v) is 13.1. The molecule has 0 aliphatic heterocycles. The maximum Gasteiger partial charge on any atom is 0.239 e. The molecule has 0 bridgehead atoms. The van der Waals surface area contributed by atoms with Crippen LogP contribution in [0.4, 0.5) is 11.5 Å². The van der Waals surface area contributed by atoms with Crippen molar-refractivity contribution in [2.24, 2.45) is 0 Å². The Balaban J connectivity index is 1.69. The summed E-state index contributed by atoms with van der Waals surface area (Å²) in [4.78, 5) is 15.8. The van der Waals surface area contributed by atoms with Gasteiger partial charge in [-0.25, -0.2) is 4.98 Å². The molecular weight excluding hydrogens is 314 g/mol. The number of hydrogen-bond acceptors (Lipinski definition) is 5. The summed E-state index contributed by atoms with van der Waals surface area (Å²) in [6.45, 7) is 1.03.